The molecule has 1 N–H and O–H groups in total. The largest absolute Gasteiger partial charge is 0.350 e. The first-order valence-corrected chi connectivity index (χ1v) is 6.47. The maximum absolute atomic E-state index is 11.5. The molecule has 0 aromatic carbocycles. The van der Waals surface area contributed by atoms with Crippen LogP contribution in [0.2, 0.25) is 5.02 Å². The molecule has 1 aromatic rings. The second kappa shape index (κ2) is 5.73. The Balaban J connectivity index is 2.47. The molecule has 0 saturated carbocycles. The summed E-state index contributed by atoms with van der Waals surface area (Å²) in [4.78, 5) is 12.5. The summed E-state index contributed by atoms with van der Waals surface area (Å²) < 4.78 is 0. The molecule has 1 rings (SSSR count). The Hall–Kier alpha value is -0.0600. The average molecular weight is 297 g/mol. The molecule has 1 atom stereocenters. The van der Waals surface area contributed by atoms with E-state index in [1.54, 1.807) is 6.07 Å². The van der Waals surface area contributed by atoms with Crippen LogP contribution < -0.4 is 5.32 Å². The van der Waals surface area contributed by atoms with Gasteiger partial charge in [-0.15, -0.1) is 11.3 Å². The Labute approximate surface area is 101 Å². The van der Waals surface area contributed by atoms with Gasteiger partial charge in [-0.05, 0) is 17.9 Å². The number of carbonyl (C=O) groups excluding carboxylic acids is 1. The lowest BCUT2D eigenvalue weighted by Crippen LogP contribution is -2.28. The van der Waals surface area contributed by atoms with Crippen molar-refractivity contribution in [3.63, 3.8) is 0 Å². The summed E-state index contributed by atoms with van der Waals surface area (Å²) in [5.41, 5.74) is 0. The normalized spacial score (nSPS) is 12.5. The number of alkyl halides is 1. The van der Waals surface area contributed by atoms with Crippen molar-refractivity contribution in [3.8, 4) is 0 Å². The molecule has 0 spiro atoms. The first kappa shape index (κ1) is 12.0. The first-order valence-electron chi connectivity index (χ1n) is 4.30. The molecule has 5 heteroatoms. The molecular weight excluding hydrogens is 286 g/mol. The van der Waals surface area contributed by atoms with Crippen LogP contribution in [-0.4, -0.2) is 17.3 Å². The van der Waals surface area contributed by atoms with Crippen molar-refractivity contribution in [1.82, 2.24) is 5.32 Å². The van der Waals surface area contributed by atoms with Gasteiger partial charge in [-0.2, -0.15) is 0 Å². The number of hydrogen-bond donors (Lipinski definition) is 1. The van der Waals surface area contributed by atoms with Crippen molar-refractivity contribution >= 4 is 44.8 Å². The highest BCUT2D eigenvalue weighted by Crippen LogP contribution is 2.21. The van der Waals surface area contributed by atoms with Gasteiger partial charge in [0.05, 0.1) is 5.02 Å². The quantitative estimate of drug-likeness (QED) is 0.849. The molecule has 0 saturated heterocycles. The highest BCUT2D eigenvalue weighted by atomic mass is 79.9. The average Bonchev–Trinajstić information content (AvgIpc) is 2.60. The third kappa shape index (κ3) is 3.26. The van der Waals surface area contributed by atoms with Crippen LogP contribution in [0.1, 0.15) is 23.0 Å². The van der Waals surface area contributed by atoms with Gasteiger partial charge in [-0.3, -0.25) is 4.79 Å². The molecule has 1 unspecified atom stereocenters. The molecule has 0 fully saturated rings. The predicted molar refractivity (Wildman–Crippen MR) is 64.7 cm³/mol. The summed E-state index contributed by atoms with van der Waals surface area (Å²) in [5.74, 6) is -0.0945. The first-order chi connectivity index (χ1) is 6.65. The van der Waals surface area contributed by atoms with Crippen LogP contribution in [0.15, 0.2) is 11.4 Å². The fraction of sp³-hybridized carbons (Fsp3) is 0.444. The minimum atomic E-state index is -0.0945. The van der Waals surface area contributed by atoms with Crippen molar-refractivity contribution < 1.29 is 4.79 Å². The summed E-state index contributed by atoms with van der Waals surface area (Å²) in [6.45, 7) is 2.69. The van der Waals surface area contributed by atoms with Gasteiger partial charge in [0.15, 0.2) is 0 Å². The summed E-state index contributed by atoms with van der Waals surface area (Å²) in [6, 6.07) is 1.73. The van der Waals surface area contributed by atoms with E-state index in [0.29, 0.717) is 21.3 Å². The Morgan fingerprint density at radius 1 is 1.79 bits per heavy atom. The molecule has 0 aliphatic rings. The lowest BCUT2D eigenvalue weighted by Gasteiger charge is -2.07. The van der Waals surface area contributed by atoms with Crippen molar-refractivity contribution in [2.75, 3.05) is 6.54 Å². The van der Waals surface area contributed by atoms with Gasteiger partial charge in [0.1, 0.15) is 4.88 Å². The molecule has 0 radical (unpaired) electrons. The van der Waals surface area contributed by atoms with Gasteiger partial charge in [-0.25, -0.2) is 0 Å². The Bertz CT molecular complexity index is 316. The molecule has 0 bridgehead atoms. The molecule has 1 amide bonds. The predicted octanol–water partition coefficient (Wildman–Crippen LogP) is 3.30. The van der Waals surface area contributed by atoms with Crippen LogP contribution in [0.3, 0.4) is 0 Å². The van der Waals surface area contributed by atoms with Crippen molar-refractivity contribution in [2.45, 2.75) is 18.2 Å². The van der Waals surface area contributed by atoms with Crippen molar-refractivity contribution in [3.05, 3.63) is 21.3 Å². The fourth-order valence-electron chi connectivity index (χ4n) is 0.884. The second-order valence-corrected chi connectivity index (χ2v) is 5.43. The van der Waals surface area contributed by atoms with Crippen LogP contribution in [-0.2, 0) is 0 Å². The van der Waals surface area contributed by atoms with E-state index in [1.807, 2.05) is 5.38 Å². The number of amides is 1. The van der Waals surface area contributed by atoms with E-state index in [2.05, 4.69) is 28.2 Å². The molecule has 2 nitrogen and oxygen atoms in total. The Morgan fingerprint density at radius 3 is 3.00 bits per heavy atom. The van der Waals surface area contributed by atoms with E-state index in [-0.39, 0.29) is 5.91 Å². The molecule has 14 heavy (non-hydrogen) atoms. The van der Waals surface area contributed by atoms with E-state index in [0.717, 1.165) is 6.42 Å². The van der Waals surface area contributed by atoms with Gasteiger partial charge in [0.2, 0.25) is 0 Å². The topological polar surface area (TPSA) is 29.1 Å². The minimum absolute atomic E-state index is 0.0945. The van der Waals surface area contributed by atoms with E-state index >= 15 is 0 Å². The number of hydrogen-bond acceptors (Lipinski definition) is 2. The molecule has 0 aliphatic carbocycles. The van der Waals surface area contributed by atoms with Gasteiger partial charge in [0, 0.05) is 11.4 Å². The van der Waals surface area contributed by atoms with Gasteiger partial charge in [-0.1, -0.05) is 34.5 Å². The lowest BCUT2D eigenvalue weighted by atomic mass is 10.3. The van der Waals surface area contributed by atoms with E-state index in [9.17, 15) is 4.79 Å². The molecule has 1 aromatic heterocycles. The maximum atomic E-state index is 11.5. The van der Waals surface area contributed by atoms with Crippen LogP contribution in [0, 0.1) is 0 Å². The minimum Gasteiger partial charge on any atom is -0.350 e. The third-order valence-corrected chi connectivity index (χ3v) is 4.06. The molecular formula is C9H11BrClNOS. The molecule has 78 valence electrons. The highest BCUT2D eigenvalue weighted by molar-refractivity contribution is 9.09. The number of thiophene rings is 1. The number of carbonyl (C=O) groups is 1. The van der Waals surface area contributed by atoms with Crippen molar-refractivity contribution in [1.29, 1.82) is 0 Å². The number of rotatable bonds is 4. The summed E-state index contributed by atoms with van der Waals surface area (Å²) in [6.07, 6.45) is 0.985. The van der Waals surface area contributed by atoms with Crippen LogP contribution in [0.4, 0.5) is 0 Å². The molecule has 1 heterocycles. The van der Waals surface area contributed by atoms with E-state index in [4.69, 9.17) is 11.6 Å². The summed E-state index contributed by atoms with van der Waals surface area (Å²) in [7, 11) is 0. The number of halogens is 2. The smallest absolute Gasteiger partial charge is 0.262 e. The van der Waals surface area contributed by atoms with Crippen molar-refractivity contribution in [2.24, 2.45) is 0 Å². The van der Waals surface area contributed by atoms with Gasteiger partial charge >= 0.3 is 0 Å². The van der Waals surface area contributed by atoms with Crippen LogP contribution in [0.25, 0.3) is 0 Å². The highest BCUT2D eigenvalue weighted by Gasteiger charge is 2.12. The zero-order chi connectivity index (χ0) is 10.6. The maximum Gasteiger partial charge on any atom is 0.262 e. The van der Waals surface area contributed by atoms with E-state index < -0.39 is 0 Å². The SMILES string of the molecule is CCC(Br)CNC(=O)c1sccc1Cl. The molecule has 0 aliphatic heterocycles. The third-order valence-electron chi connectivity index (χ3n) is 1.75. The second-order valence-electron chi connectivity index (χ2n) is 2.81. The van der Waals surface area contributed by atoms with Gasteiger partial charge in [0.25, 0.3) is 5.91 Å². The Morgan fingerprint density at radius 2 is 2.50 bits per heavy atom. The zero-order valence-electron chi connectivity index (χ0n) is 7.72. The standard InChI is InChI=1S/C9H11BrClNOS/c1-2-6(10)5-12-9(13)8-7(11)3-4-14-8/h3-4,6H,2,5H2,1H3,(H,12,13). The van der Waals surface area contributed by atoms with Crippen LogP contribution in [0.5, 0.6) is 0 Å². The fourth-order valence-corrected chi connectivity index (χ4v) is 2.10. The summed E-state index contributed by atoms with van der Waals surface area (Å²) >= 11 is 10.6. The summed E-state index contributed by atoms with van der Waals surface area (Å²) in [5, 5.41) is 5.15. The van der Waals surface area contributed by atoms with Crippen LogP contribution >= 0.6 is 38.9 Å². The monoisotopic (exact) mass is 295 g/mol. The number of nitrogens with one attached hydrogen (secondary N) is 1. The van der Waals surface area contributed by atoms with Gasteiger partial charge < -0.3 is 5.32 Å². The Kier molecular flexibility index (Phi) is 4.92. The lowest BCUT2D eigenvalue weighted by molar-refractivity contribution is 0.0958. The zero-order valence-corrected chi connectivity index (χ0v) is 10.9. The van der Waals surface area contributed by atoms with E-state index in [1.165, 1.54) is 11.3 Å².